The van der Waals surface area contributed by atoms with E-state index in [4.69, 9.17) is 5.73 Å². The van der Waals surface area contributed by atoms with Crippen molar-refractivity contribution in [3.8, 4) is 11.3 Å². The fraction of sp³-hybridized carbons (Fsp3) is 0.400. The first-order chi connectivity index (χ1) is 9.65. The molecule has 0 bridgehead atoms. The van der Waals surface area contributed by atoms with Crippen molar-refractivity contribution in [1.82, 2.24) is 9.78 Å². The fourth-order valence-electron chi connectivity index (χ4n) is 2.65. The molecule has 1 aliphatic heterocycles. The third-order valence-corrected chi connectivity index (χ3v) is 5.61. The maximum absolute atomic E-state index is 5.85. The van der Waals surface area contributed by atoms with Crippen molar-refractivity contribution in [2.45, 2.75) is 18.8 Å². The number of halogens is 1. The summed E-state index contributed by atoms with van der Waals surface area (Å²) in [6.45, 7) is 0. The lowest BCUT2D eigenvalue weighted by atomic mass is 9.92. The number of nitrogens with two attached hydrogens (primary N) is 1. The van der Waals surface area contributed by atoms with Crippen molar-refractivity contribution < 1.29 is 0 Å². The van der Waals surface area contributed by atoms with Gasteiger partial charge in [-0.1, -0.05) is 28.1 Å². The lowest BCUT2D eigenvalue weighted by Gasteiger charge is -2.23. The van der Waals surface area contributed by atoms with Crippen LogP contribution >= 0.6 is 27.7 Å². The van der Waals surface area contributed by atoms with Crippen molar-refractivity contribution in [3.63, 3.8) is 0 Å². The predicted octanol–water partition coefficient (Wildman–Crippen LogP) is 4.04. The van der Waals surface area contributed by atoms with E-state index < -0.39 is 0 Å². The SMILES string of the molecule is Cn1nc(-c2ccc(C3CCSCC3)c(Br)c2)cc1N. The van der Waals surface area contributed by atoms with Crippen LogP contribution < -0.4 is 5.73 Å². The lowest BCUT2D eigenvalue weighted by Crippen LogP contribution is -2.08. The second-order valence-electron chi connectivity index (χ2n) is 5.20. The van der Waals surface area contributed by atoms with Gasteiger partial charge in [0.15, 0.2) is 0 Å². The molecule has 0 atom stereocenters. The number of aromatic nitrogens is 2. The van der Waals surface area contributed by atoms with Crippen molar-refractivity contribution in [1.29, 1.82) is 0 Å². The monoisotopic (exact) mass is 351 g/mol. The summed E-state index contributed by atoms with van der Waals surface area (Å²) < 4.78 is 2.89. The van der Waals surface area contributed by atoms with Gasteiger partial charge >= 0.3 is 0 Å². The van der Waals surface area contributed by atoms with Crippen molar-refractivity contribution in [3.05, 3.63) is 34.3 Å². The quantitative estimate of drug-likeness (QED) is 0.887. The number of aryl methyl sites for hydroxylation is 1. The van der Waals surface area contributed by atoms with Crippen LogP contribution in [0.2, 0.25) is 0 Å². The smallest absolute Gasteiger partial charge is 0.121 e. The van der Waals surface area contributed by atoms with Crippen LogP contribution in [0.5, 0.6) is 0 Å². The minimum atomic E-state index is 0.685. The van der Waals surface area contributed by atoms with E-state index in [0.717, 1.165) is 11.3 Å². The third kappa shape index (κ3) is 2.74. The van der Waals surface area contributed by atoms with E-state index in [1.54, 1.807) is 4.68 Å². The van der Waals surface area contributed by atoms with Gasteiger partial charge in [-0.05, 0) is 41.9 Å². The van der Waals surface area contributed by atoms with E-state index in [0.29, 0.717) is 11.7 Å². The van der Waals surface area contributed by atoms with Crippen molar-refractivity contribution in [2.24, 2.45) is 7.05 Å². The first-order valence-corrected chi connectivity index (χ1v) is 8.77. The van der Waals surface area contributed by atoms with E-state index >= 15 is 0 Å². The summed E-state index contributed by atoms with van der Waals surface area (Å²) in [5, 5.41) is 4.43. The second kappa shape index (κ2) is 5.82. The van der Waals surface area contributed by atoms with Gasteiger partial charge in [-0.2, -0.15) is 16.9 Å². The summed E-state index contributed by atoms with van der Waals surface area (Å²) in [6.07, 6.45) is 2.55. The zero-order valence-corrected chi connectivity index (χ0v) is 13.9. The first-order valence-electron chi connectivity index (χ1n) is 6.82. The maximum atomic E-state index is 5.85. The molecule has 1 aliphatic rings. The van der Waals surface area contributed by atoms with Crippen LogP contribution in [0.1, 0.15) is 24.3 Å². The molecule has 0 amide bonds. The van der Waals surface area contributed by atoms with Crippen LogP contribution in [-0.2, 0) is 7.05 Å². The van der Waals surface area contributed by atoms with Crippen LogP contribution in [0.25, 0.3) is 11.3 Å². The zero-order chi connectivity index (χ0) is 14.1. The van der Waals surface area contributed by atoms with E-state index in [2.05, 4.69) is 51.0 Å². The Morgan fingerprint density at radius 2 is 2.05 bits per heavy atom. The minimum Gasteiger partial charge on any atom is -0.384 e. The molecular formula is C15H18BrN3S. The molecule has 0 spiro atoms. The van der Waals surface area contributed by atoms with Gasteiger partial charge in [0, 0.05) is 23.2 Å². The molecule has 2 N–H and O–H groups in total. The minimum absolute atomic E-state index is 0.685. The highest BCUT2D eigenvalue weighted by Gasteiger charge is 2.18. The van der Waals surface area contributed by atoms with Crippen LogP contribution in [0.3, 0.4) is 0 Å². The summed E-state index contributed by atoms with van der Waals surface area (Å²) in [4.78, 5) is 0. The van der Waals surface area contributed by atoms with E-state index in [1.807, 2.05) is 13.1 Å². The van der Waals surface area contributed by atoms with Crippen LogP contribution in [0, 0.1) is 0 Å². The molecule has 1 saturated heterocycles. The lowest BCUT2D eigenvalue weighted by molar-refractivity contribution is 0.635. The van der Waals surface area contributed by atoms with Crippen LogP contribution in [0.4, 0.5) is 5.82 Å². The molecule has 106 valence electrons. The number of benzene rings is 1. The number of thioether (sulfide) groups is 1. The Morgan fingerprint density at radius 1 is 1.30 bits per heavy atom. The first kappa shape index (κ1) is 14.0. The Morgan fingerprint density at radius 3 is 2.65 bits per heavy atom. The topological polar surface area (TPSA) is 43.8 Å². The molecule has 0 radical (unpaired) electrons. The van der Waals surface area contributed by atoms with Gasteiger partial charge in [-0.3, -0.25) is 4.68 Å². The van der Waals surface area contributed by atoms with E-state index in [1.165, 1.54) is 34.4 Å². The van der Waals surface area contributed by atoms with Gasteiger partial charge in [-0.15, -0.1) is 0 Å². The fourth-order valence-corrected chi connectivity index (χ4v) is 4.46. The molecule has 0 unspecified atom stereocenters. The van der Waals surface area contributed by atoms with Crippen molar-refractivity contribution >= 4 is 33.5 Å². The molecule has 1 aromatic heterocycles. The Hall–Kier alpha value is -0.940. The van der Waals surface area contributed by atoms with E-state index in [9.17, 15) is 0 Å². The molecule has 1 fully saturated rings. The highest BCUT2D eigenvalue weighted by molar-refractivity contribution is 9.10. The standard InChI is InChI=1S/C15H18BrN3S/c1-19-15(17)9-14(18-19)11-2-3-12(13(16)8-11)10-4-6-20-7-5-10/h2-3,8-10H,4-7,17H2,1H3. The van der Waals surface area contributed by atoms with Gasteiger partial charge in [0.05, 0.1) is 5.69 Å². The number of hydrogen-bond donors (Lipinski definition) is 1. The highest BCUT2D eigenvalue weighted by atomic mass is 79.9. The molecule has 5 heteroatoms. The summed E-state index contributed by atoms with van der Waals surface area (Å²) >= 11 is 5.79. The zero-order valence-electron chi connectivity index (χ0n) is 11.5. The van der Waals surface area contributed by atoms with Crippen molar-refractivity contribution in [2.75, 3.05) is 17.2 Å². The van der Waals surface area contributed by atoms with Gasteiger partial charge in [0.1, 0.15) is 5.82 Å². The molecule has 2 aromatic rings. The molecule has 3 rings (SSSR count). The summed E-state index contributed by atoms with van der Waals surface area (Å²) in [7, 11) is 1.86. The molecule has 1 aromatic carbocycles. The summed E-state index contributed by atoms with van der Waals surface area (Å²) in [5.74, 6) is 3.92. The maximum Gasteiger partial charge on any atom is 0.121 e. The predicted molar refractivity (Wildman–Crippen MR) is 90.1 cm³/mol. The Labute approximate surface area is 132 Å². The third-order valence-electron chi connectivity index (χ3n) is 3.87. The molecule has 20 heavy (non-hydrogen) atoms. The largest absolute Gasteiger partial charge is 0.384 e. The second-order valence-corrected chi connectivity index (χ2v) is 7.28. The van der Waals surface area contributed by atoms with Crippen LogP contribution in [0.15, 0.2) is 28.7 Å². The Balaban J connectivity index is 1.90. The van der Waals surface area contributed by atoms with Crippen LogP contribution in [-0.4, -0.2) is 21.3 Å². The molecule has 0 aliphatic carbocycles. The van der Waals surface area contributed by atoms with Gasteiger partial charge in [0.25, 0.3) is 0 Å². The van der Waals surface area contributed by atoms with E-state index in [-0.39, 0.29) is 0 Å². The molecule has 3 nitrogen and oxygen atoms in total. The Kier molecular flexibility index (Phi) is 4.08. The number of hydrogen-bond acceptors (Lipinski definition) is 3. The average Bonchev–Trinajstić information content (AvgIpc) is 2.79. The number of anilines is 1. The van der Waals surface area contributed by atoms with Gasteiger partial charge in [-0.25, -0.2) is 0 Å². The Bertz CT molecular complexity index is 598. The molecule has 2 heterocycles. The average molecular weight is 352 g/mol. The van der Waals surface area contributed by atoms with Gasteiger partial charge < -0.3 is 5.73 Å². The number of nitrogens with zero attached hydrogens (tertiary/aromatic N) is 2. The normalized spacial score (nSPS) is 16.5. The summed E-state index contributed by atoms with van der Waals surface area (Å²) in [5.41, 5.74) is 9.31. The number of rotatable bonds is 2. The summed E-state index contributed by atoms with van der Waals surface area (Å²) in [6, 6.07) is 8.48. The molecular weight excluding hydrogens is 334 g/mol. The number of nitrogen functional groups attached to an aromatic ring is 1. The molecule has 0 saturated carbocycles. The van der Waals surface area contributed by atoms with Gasteiger partial charge in [0.2, 0.25) is 0 Å². The highest BCUT2D eigenvalue weighted by Crippen LogP contribution is 2.37.